The van der Waals surface area contributed by atoms with Gasteiger partial charge in [0, 0.05) is 11.7 Å². The van der Waals surface area contributed by atoms with Crippen molar-refractivity contribution in [1.82, 2.24) is 15.1 Å². The fourth-order valence-corrected chi connectivity index (χ4v) is 2.96. The summed E-state index contributed by atoms with van der Waals surface area (Å²) in [5, 5.41) is 6.51. The van der Waals surface area contributed by atoms with E-state index in [0.717, 1.165) is 36.4 Å². The maximum absolute atomic E-state index is 12.7. The van der Waals surface area contributed by atoms with Gasteiger partial charge in [0.05, 0.1) is 0 Å². The van der Waals surface area contributed by atoms with Crippen LogP contribution in [0.25, 0.3) is 0 Å². The molecule has 3 atom stereocenters. The molecule has 1 saturated carbocycles. The van der Waals surface area contributed by atoms with Crippen molar-refractivity contribution in [1.29, 1.82) is 0 Å². The highest BCUT2D eigenvalue weighted by Crippen LogP contribution is 2.29. The number of hydrogen-bond donors (Lipinski definition) is 1. The van der Waals surface area contributed by atoms with E-state index in [4.69, 9.17) is 0 Å². The Hall–Kier alpha value is -1.53. The Labute approximate surface area is 128 Å². The zero-order valence-electron chi connectivity index (χ0n) is 13.1. The van der Waals surface area contributed by atoms with Crippen molar-refractivity contribution in [2.75, 3.05) is 0 Å². The van der Waals surface area contributed by atoms with E-state index in [1.807, 2.05) is 0 Å². The van der Waals surface area contributed by atoms with E-state index in [-0.39, 0.29) is 11.9 Å². The summed E-state index contributed by atoms with van der Waals surface area (Å²) in [5.74, 6) is 0.119. The Balaban J connectivity index is 2.09. The van der Waals surface area contributed by atoms with Gasteiger partial charge in [-0.15, -0.1) is 0 Å². The topological polar surface area (TPSA) is 46.9 Å². The molecule has 1 heterocycles. The normalized spacial score (nSPS) is 24.1. The Morgan fingerprint density at radius 2 is 2.05 bits per heavy atom. The molecule has 1 aliphatic rings. The van der Waals surface area contributed by atoms with Crippen LogP contribution in [0.15, 0.2) is 6.07 Å². The van der Waals surface area contributed by atoms with Gasteiger partial charge in [-0.2, -0.15) is 18.3 Å². The van der Waals surface area contributed by atoms with E-state index >= 15 is 0 Å². The molecule has 1 aliphatic carbocycles. The molecule has 0 spiro atoms. The molecule has 7 heteroatoms. The molecule has 1 aromatic heterocycles. The highest BCUT2D eigenvalue weighted by Gasteiger charge is 2.35. The van der Waals surface area contributed by atoms with Crippen LogP contribution in [0.2, 0.25) is 0 Å². The smallest absolute Gasteiger partial charge is 0.351 e. The standard InChI is InChI=1S/C15H22F3N3O/c1-9-6-4-5-7-12(9)19-14(22)11(3)21-10(2)8-13(20-21)15(16,17)18/h8-9,11-12H,4-7H2,1-3H3,(H,19,22)/t9-,11-,12-/m0/s1. The second-order valence-corrected chi connectivity index (χ2v) is 6.17. The molecule has 124 valence electrons. The Morgan fingerprint density at radius 1 is 1.41 bits per heavy atom. The summed E-state index contributed by atoms with van der Waals surface area (Å²) >= 11 is 0. The lowest BCUT2D eigenvalue weighted by Gasteiger charge is -2.30. The van der Waals surface area contributed by atoms with E-state index in [1.54, 1.807) is 6.92 Å². The van der Waals surface area contributed by atoms with Gasteiger partial charge < -0.3 is 5.32 Å². The third kappa shape index (κ3) is 3.62. The molecule has 0 aromatic carbocycles. The molecule has 1 N–H and O–H groups in total. The van der Waals surface area contributed by atoms with Crippen LogP contribution in [0.4, 0.5) is 13.2 Å². The fraction of sp³-hybridized carbons (Fsp3) is 0.733. The van der Waals surface area contributed by atoms with Crippen molar-refractivity contribution in [2.24, 2.45) is 5.92 Å². The third-order valence-electron chi connectivity index (χ3n) is 4.40. The van der Waals surface area contributed by atoms with Crippen LogP contribution in [0.5, 0.6) is 0 Å². The van der Waals surface area contributed by atoms with Crippen LogP contribution >= 0.6 is 0 Å². The minimum Gasteiger partial charge on any atom is -0.351 e. The van der Waals surface area contributed by atoms with Gasteiger partial charge in [0.25, 0.3) is 0 Å². The number of carbonyl (C=O) groups excluding carboxylic acids is 1. The first-order valence-electron chi connectivity index (χ1n) is 7.64. The lowest BCUT2D eigenvalue weighted by Crippen LogP contribution is -2.44. The van der Waals surface area contributed by atoms with Crippen LogP contribution < -0.4 is 5.32 Å². The molecule has 0 aliphatic heterocycles. The minimum atomic E-state index is -4.50. The summed E-state index contributed by atoms with van der Waals surface area (Å²) < 4.78 is 39.2. The second kappa shape index (κ2) is 6.30. The van der Waals surface area contributed by atoms with Gasteiger partial charge in [-0.3, -0.25) is 9.48 Å². The molecular weight excluding hydrogens is 295 g/mol. The molecule has 1 fully saturated rings. The first-order chi connectivity index (χ1) is 10.2. The SMILES string of the molecule is Cc1cc(C(F)(F)F)nn1[C@@H](C)C(=O)N[C@H]1CCCC[C@@H]1C. The van der Waals surface area contributed by atoms with E-state index in [9.17, 15) is 18.0 Å². The summed E-state index contributed by atoms with van der Waals surface area (Å²) in [4.78, 5) is 12.3. The number of rotatable bonds is 3. The number of hydrogen-bond acceptors (Lipinski definition) is 2. The number of carbonyl (C=O) groups is 1. The summed E-state index contributed by atoms with van der Waals surface area (Å²) in [6.45, 7) is 5.19. The fourth-order valence-electron chi connectivity index (χ4n) is 2.96. The number of nitrogens with one attached hydrogen (secondary N) is 1. The molecule has 0 radical (unpaired) electrons. The lowest BCUT2D eigenvalue weighted by atomic mass is 9.86. The zero-order chi connectivity index (χ0) is 16.5. The summed E-state index contributed by atoms with van der Waals surface area (Å²) in [6, 6.07) is 0.305. The number of nitrogens with zero attached hydrogens (tertiary/aromatic N) is 2. The molecule has 0 bridgehead atoms. The average Bonchev–Trinajstić information content (AvgIpc) is 2.82. The Morgan fingerprint density at radius 3 is 2.59 bits per heavy atom. The third-order valence-corrected chi connectivity index (χ3v) is 4.40. The second-order valence-electron chi connectivity index (χ2n) is 6.17. The molecule has 2 rings (SSSR count). The number of aryl methyl sites for hydroxylation is 1. The highest BCUT2D eigenvalue weighted by molar-refractivity contribution is 5.80. The van der Waals surface area contributed by atoms with Crippen molar-refractivity contribution in [3.05, 3.63) is 17.5 Å². The molecular formula is C15H22F3N3O. The van der Waals surface area contributed by atoms with Crippen LogP contribution in [0.1, 0.15) is 57.0 Å². The van der Waals surface area contributed by atoms with Gasteiger partial charge in [-0.25, -0.2) is 0 Å². The highest BCUT2D eigenvalue weighted by atomic mass is 19.4. The predicted molar refractivity (Wildman–Crippen MR) is 76.2 cm³/mol. The van der Waals surface area contributed by atoms with Crippen LogP contribution in [0, 0.1) is 12.8 Å². The van der Waals surface area contributed by atoms with Crippen LogP contribution in [-0.4, -0.2) is 21.7 Å². The molecule has 4 nitrogen and oxygen atoms in total. The van der Waals surface area contributed by atoms with Crippen LogP contribution in [0.3, 0.4) is 0 Å². The van der Waals surface area contributed by atoms with E-state index < -0.39 is 17.9 Å². The van der Waals surface area contributed by atoms with Crippen molar-refractivity contribution < 1.29 is 18.0 Å². The summed E-state index contributed by atoms with van der Waals surface area (Å²) in [6.07, 6.45) is -0.271. The minimum absolute atomic E-state index is 0.0988. The van der Waals surface area contributed by atoms with Gasteiger partial charge in [0.1, 0.15) is 6.04 Å². The van der Waals surface area contributed by atoms with Gasteiger partial charge in [-0.05, 0) is 38.7 Å². The molecule has 1 amide bonds. The first kappa shape index (κ1) is 16.8. The van der Waals surface area contributed by atoms with Gasteiger partial charge in [0.15, 0.2) is 5.69 Å². The monoisotopic (exact) mass is 317 g/mol. The number of amides is 1. The van der Waals surface area contributed by atoms with E-state index in [1.165, 1.54) is 6.92 Å². The largest absolute Gasteiger partial charge is 0.435 e. The van der Waals surface area contributed by atoms with Crippen molar-refractivity contribution >= 4 is 5.91 Å². The van der Waals surface area contributed by atoms with Gasteiger partial charge in [0.2, 0.25) is 5.91 Å². The summed E-state index contributed by atoms with van der Waals surface area (Å²) in [5.41, 5.74) is -0.637. The van der Waals surface area contributed by atoms with Crippen LogP contribution in [-0.2, 0) is 11.0 Å². The van der Waals surface area contributed by atoms with E-state index in [0.29, 0.717) is 11.6 Å². The van der Waals surface area contributed by atoms with Crippen molar-refractivity contribution in [3.63, 3.8) is 0 Å². The zero-order valence-corrected chi connectivity index (χ0v) is 13.1. The average molecular weight is 317 g/mol. The lowest BCUT2D eigenvalue weighted by molar-refractivity contribution is -0.142. The Bertz CT molecular complexity index is 539. The van der Waals surface area contributed by atoms with Crippen molar-refractivity contribution in [3.8, 4) is 0 Å². The Kier molecular flexibility index (Phi) is 4.82. The number of aromatic nitrogens is 2. The molecule has 22 heavy (non-hydrogen) atoms. The van der Waals surface area contributed by atoms with Crippen molar-refractivity contribution in [2.45, 2.75) is 64.7 Å². The first-order valence-corrected chi connectivity index (χ1v) is 7.64. The van der Waals surface area contributed by atoms with Gasteiger partial charge >= 0.3 is 6.18 Å². The maximum Gasteiger partial charge on any atom is 0.435 e. The number of alkyl halides is 3. The summed E-state index contributed by atoms with van der Waals surface area (Å²) in [7, 11) is 0. The molecule has 0 unspecified atom stereocenters. The quantitative estimate of drug-likeness (QED) is 0.928. The van der Waals surface area contributed by atoms with E-state index in [2.05, 4.69) is 17.3 Å². The molecule has 1 aromatic rings. The predicted octanol–water partition coefficient (Wildman–Crippen LogP) is 3.47. The van der Waals surface area contributed by atoms with Gasteiger partial charge in [-0.1, -0.05) is 19.8 Å². The molecule has 0 saturated heterocycles. The number of halogens is 3. The maximum atomic E-state index is 12.7.